The number of aryl methyl sites for hydroxylation is 2. The standard InChI is InChI=1S/C18H18O2/c1-3-4-13-5-7-17(19)16(10-13)14-6-8-18-15(11-14)9-12(2)20-18/h5-11,19H,3-4H2,1-2H3. The lowest BCUT2D eigenvalue weighted by molar-refractivity contribution is 0.477. The number of aromatic hydroxyl groups is 1. The van der Waals surface area contributed by atoms with Crippen molar-refractivity contribution in [1.29, 1.82) is 0 Å². The maximum atomic E-state index is 10.1. The third-order valence-corrected chi connectivity index (χ3v) is 3.55. The summed E-state index contributed by atoms with van der Waals surface area (Å²) in [5.74, 6) is 1.23. The van der Waals surface area contributed by atoms with E-state index in [2.05, 4.69) is 19.1 Å². The predicted molar refractivity (Wildman–Crippen MR) is 82.0 cm³/mol. The Kier molecular flexibility index (Phi) is 3.23. The molecule has 1 N–H and O–H groups in total. The average Bonchev–Trinajstić information content (AvgIpc) is 2.80. The highest BCUT2D eigenvalue weighted by Crippen LogP contribution is 2.33. The quantitative estimate of drug-likeness (QED) is 0.718. The van der Waals surface area contributed by atoms with E-state index >= 15 is 0 Å². The third kappa shape index (κ3) is 2.29. The maximum absolute atomic E-state index is 10.1. The fourth-order valence-electron chi connectivity index (χ4n) is 2.60. The Bertz CT molecular complexity index is 753. The van der Waals surface area contributed by atoms with Crippen LogP contribution in [0.15, 0.2) is 46.9 Å². The van der Waals surface area contributed by atoms with Gasteiger partial charge in [0, 0.05) is 10.9 Å². The molecule has 0 unspecified atom stereocenters. The highest BCUT2D eigenvalue weighted by atomic mass is 16.3. The van der Waals surface area contributed by atoms with Crippen LogP contribution in [0.1, 0.15) is 24.7 Å². The summed E-state index contributed by atoms with van der Waals surface area (Å²) in [5.41, 5.74) is 4.05. The van der Waals surface area contributed by atoms with Gasteiger partial charge < -0.3 is 9.52 Å². The van der Waals surface area contributed by atoms with Crippen LogP contribution in [0, 0.1) is 6.92 Å². The topological polar surface area (TPSA) is 33.4 Å². The maximum Gasteiger partial charge on any atom is 0.134 e. The molecular weight excluding hydrogens is 248 g/mol. The van der Waals surface area contributed by atoms with Crippen molar-refractivity contribution in [1.82, 2.24) is 0 Å². The molecule has 0 bridgehead atoms. The molecule has 0 aliphatic rings. The molecule has 0 radical (unpaired) electrons. The Morgan fingerprint density at radius 1 is 1.05 bits per heavy atom. The summed E-state index contributed by atoms with van der Waals surface area (Å²) in [6.45, 7) is 4.10. The number of benzene rings is 2. The molecule has 1 aromatic heterocycles. The summed E-state index contributed by atoms with van der Waals surface area (Å²) in [6, 6.07) is 13.9. The van der Waals surface area contributed by atoms with E-state index in [1.165, 1.54) is 5.56 Å². The number of rotatable bonds is 3. The van der Waals surface area contributed by atoms with E-state index in [1.807, 2.05) is 31.2 Å². The molecule has 2 nitrogen and oxygen atoms in total. The van der Waals surface area contributed by atoms with E-state index in [1.54, 1.807) is 6.07 Å². The minimum absolute atomic E-state index is 0.324. The van der Waals surface area contributed by atoms with E-state index in [0.717, 1.165) is 40.7 Å². The minimum atomic E-state index is 0.324. The van der Waals surface area contributed by atoms with Crippen LogP contribution in [-0.2, 0) is 6.42 Å². The number of fused-ring (bicyclic) bond motifs is 1. The van der Waals surface area contributed by atoms with Gasteiger partial charge in [0.15, 0.2) is 0 Å². The van der Waals surface area contributed by atoms with E-state index in [0.29, 0.717) is 5.75 Å². The molecule has 3 rings (SSSR count). The Balaban J connectivity index is 2.11. The van der Waals surface area contributed by atoms with Crippen molar-refractivity contribution in [3.8, 4) is 16.9 Å². The first-order chi connectivity index (χ1) is 9.67. The summed E-state index contributed by atoms with van der Waals surface area (Å²) < 4.78 is 5.59. The van der Waals surface area contributed by atoms with E-state index in [-0.39, 0.29) is 0 Å². The van der Waals surface area contributed by atoms with Crippen LogP contribution >= 0.6 is 0 Å². The van der Waals surface area contributed by atoms with Crippen molar-refractivity contribution in [3.05, 3.63) is 53.8 Å². The first-order valence-electron chi connectivity index (χ1n) is 7.00. The summed E-state index contributed by atoms with van der Waals surface area (Å²) in [5, 5.41) is 11.2. The van der Waals surface area contributed by atoms with Crippen molar-refractivity contribution in [2.75, 3.05) is 0 Å². The zero-order valence-electron chi connectivity index (χ0n) is 11.8. The number of hydrogen-bond donors (Lipinski definition) is 1. The van der Waals surface area contributed by atoms with Crippen LogP contribution in [0.5, 0.6) is 5.75 Å². The molecule has 0 saturated heterocycles. The van der Waals surface area contributed by atoms with Crippen molar-refractivity contribution in [3.63, 3.8) is 0 Å². The molecule has 2 aromatic carbocycles. The molecule has 0 saturated carbocycles. The van der Waals surface area contributed by atoms with Crippen LogP contribution in [0.3, 0.4) is 0 Å². The minimum Gasteiger partial charge on any atom is -0.507 e. The first kappa shape index (κ1) is 12.8. The summed E-state index contributed by atoms with van der Waals surface area (Å²) in [7, 11) is 0. The number of phenolic OH excluding ortho intramolecular Hbond substituents is 1. The van der Waals surface area contributed by atoms with Gasteiger partial charge in [0.05, 0.1) is 0 Å². The lowest BCUT2D eigenvalue weighted by Gasteiger charge is -2.08. The molecule has 20 heavy (non-hydrogen) atoms. The van der Waals surface area contributed by atoms with Gasteiger partial charge in [-0.1, -0.05) is 25.5 Å². The largest absolute Gasteiger partial charge is 0.507 e. The second-order valence-electron chi connectivity index (χ2n) is 5.21. The normalized spacial score (nSPS) is 11.1. The van der Waals surface area contributed by atoms with Gasteiger partial charge in [0.2, 0.25) is 0 Å². The second-order valence-corrected chi connectivity index (χ2v) is 5.21. The summed E-state index contributed by atoms with van der Waals surface area (Å²) in [4.78, 5) is 0. The van der Waals surface area contributed by atoms with E-state index < -0.39 is 0 Å². The van der Waals surface area contributed by atoms with Crippen molar-refractivity contribution in [2.45, 2.75) is 26.7 Å². The molecule has 0 spiro atoms. The monoisotopic (exact) mass is 266 g/mol. The molecule has 1 heterocycles. The molecule has 0 amide bonds. The van der Waals surface area contributed by atoms with Gasteiger partial charge in [-0.2, -0.15) is 0 Å². The van der Waals surface area contributed by atoms with Crippen LogP contribution < -0.4 is 0 Å². The van der Waals surface area contributed by atoms with E-state index in [9.17, 15) is 5.11 Å². The lowest BCUT2D eigenvalue weighted by atomic mass is 9.99. The van der Waals surface area contributed by atoms with Crippen LogP contribution in [0.4, 0.5) is 0 Å². The van der Waals surface area contributed by atoms with Gasteiger partial charge in [0.25, 0.3) is 0 Å². The van der Waals surface area contributed by atoms with Crippen molar-refractivity contribution >= 4 is 11.0 Å². The Morgan fingerprint density at radius 3 is 2.70 bits per heavy atom. The second kappa shape index (κ2) is 5.04. The number of furan rings is 1. The zero-order chi connectivity index (χ0) is 14.1. The smallest absolute Gasteiger partial charge is 0.134 e. The van der Waals surface area contributed by atoms with Gasteiger partial charge in [0.1, 0.15) is 17.1 Å². The van der Waals surface area contributed by atoms with Gasteiger partial charge in [-0.3, -0.25) is 0 Å². The van der Waals surface area contributed by atoms with Crippen LogP contribution in [0.2, 0.25) is 0 Å². The highest BCUT2D eigenvalue weighted by molar-refractivity contribution is 5.85. The molecule has 0 fully saturated rings. The molecule has 102 valence electrons. The molecule has 0 aliphatic heterocycles. The predicted octanol–water partition coefficient (Wildman–Crippen LogP) is 5.07. The fraction of sp³-hybridized carbons (Fsp3) is 0.222. The SMILES string of the molecule is CCCc1ccc(O)c(-c2ccc3oc(C)cc3c2)c1. The third-order valence-electron chi connectivity index (χ3n) is 3.55. The van der Waals surface area contributed by atoms with Crippen LogP contribution in [-0.4, -0.2) is 5.11 Å². The van der Waals surface area contributed by atoms with Gasteiger partial charge in [-0.25, -0.2) is 0 Å². The zero-order valence-corrected chi connectivity index (χ0v) is 11.8. The van der Waals surface area contributed by atoms with E-state index in [4.69, 9.17) is 4.42 Å². The van der Waals surface area contributed by atoms with Crippen molar-refractivity contribution < 1.29 is 9.52 Å². The van der Waals surface area contributed by atoms with Gasteiger partial charge in [-0.15, -0.1) is 0 Å². The van der Waals surface area contributed by atoms with Crippen molar-refractivity contribution in [2.24, 2.45) is 0 Å². The number of phenols is 1. The van der Waals surface area contributed by atoms with Crippen LogP contribution in [0.25, 0.3) is 22.1 Å². The molecule has 3 aromatic rings. The Morgan fingerprint density at radius 2 is 1.90 bits per heavy atom. The van der Waals surface area contributed by atoms with Gasteiger partial charge >= 0.3 is 0 Å². The fourth-order valence-corrected chi connectivity index (χ4v) is 2.60. The molecular formula is C18H18O2. The number of hydrogen-bond acceptors (Lipinski definition) is 2. The first-order valence-corrected chi connectivity index (χ1v) is 7.00. The highest BCUT2D eigenvalue weighted by Gasteiger charge is 2.08. The average molecular weight is 266 g/mol. The van der Waals surface area contributed by atoms with Gasteiger partial charge in [-0.05, 0) is 54.8 Å². The Labute approximate surface area is 118 Å². The molecule has 2 heteroatoms. The summed E-state index contributed by atoms with van der Waals surface area (Å²) in [6.07, 6.45) is 2.13. The molecule has 0 aliphatic carbocycles. The Hall–Kier alpha value is -2.22. The molecule has 0 atom stereocenters. The summed E-state index contributed by atoms with van der Waals surface area (Å²) >= 11 is 0. The lowest BCUT2D eigenvalue weighted by Crippen LogP contribution is -1.86.